The molecule has 3 rings (SSSR count). The summed E-state index contributed by atoms with van der Waals surface area (Å²) in [7, 11) is -3.86. The maximum atomic E-state index is 13.5. The summed E-state index contributed by atoms with van der Waals surface area (Å²) in [4.78, 5) is 30.2. The van der Waals surface area contributed by atoms with Crippen LogP contribution in [0.1, 0.15) is 49.2 Å². The Morgan fingerprint density at radius 1 is 1.02 bits per heavy atom. The molecular weight excluding hydrogens is 634 g/mol. The number of aliphatic hydroxyl groups is 1. The third kappa shape index (κ3) is 10.1. The van der Waals surface area contributed by atoms with E-state index >= 15 is 0 Å². The summed E-state index contributed by atoms with van der Waals surface area (Å²) in [6, 6.07) is 17.0. The number of nitrogen functional groups attached to an aromatic ring is 1. The number of rotatable bonds is 16. The van der Waals surface area contributed by atoms with Crippen LogP contribution >= 0.6 is 15.9 Å². The number of benzene rings is 2. The SMILES string of the molecule is CC(C)CN([C@H](CO)CCCCNC(=O)[C@@H](Cc1ccccc1Br)NC(=O)c1ccccn1)S(=O)(=O)c1ccc(N)cc1. The van der Waals surface area contributed by atoms with Crippen LogP contribution in [0.2, 0.25) is 0 Å². The van der Waals surface area contributed by atoms with E-state index in [9.17, 15) is 23.1 Å². The highest BCUT2D eigenvalue weighted by Gasteiger charge is 2.31. The number of carbonyl (C=O) groups excluding carboxylic acids is 2. The predicted octanol–water partition coefficient (Wildman–Crippen LogP) is 3.76. The number of nitrogens with two attached hydrogens (primary N) is 1. The normalized spacial score (nSPS) is 13.1. The van der Waals surface area contributed by atoms with E-state index in [1.807, 2.05) is 38.1 Å². The first-order chi connectivity index (χ1) is 20.5. The van der Waals surface area contributed by atoms with Crippen molar-refractivity contribution in [2.45, 2.75) is 56.5 Å². The summed E-state index contributed by atoms with van der Waals surface area (Å²) >= 11 is 3.51. The fourth-order valence-electron chi connectivity index (χ4n) is 4.57. The standard InChI is InChI=1S/C31H40BrN5O5S/c1-22(2)20-37(43(41,42)26-15-13-24(33)14-16-26)25(21-38)10-5-7-18-35-30(39)29(19-23-9-3-4-11-27(23)32)36-31(40)28-12-6-8-17-34-28/h3-4,6,8-9,11-17,22,25,29,38H,5,7,10,18-21,33H2,1-2H3,(H,35,39)(H,36,40)/t25-,29+/m0/s1. The summed E-state index contributed by atoms with van der Waals surface area (Å²) < 4.78 is 29.1. The number of nitrogens with zero attached hydrogens (tertiary/aromatic N) is 2. The van der Waals surface area contributed by atoms with Crippen molar-refractivity contribution in [3.63, 3.8) is 0 Å². The van der Waals surface area contributed by atoms with Gasteiger partial charge >= 0.3 is 0 Å². The van der Waals surface area contributed by atoms with E-state index in [1.165, 1.54) is 22.6 Å². The zero-order valence-corrected chi connectivity index (χ0v) is 26.9. The molecule has 10 nitrogen and oxygen atoms in total. The molecule has 2 amide bonds. The Morgan fingerprint density at radius 3 is 2.35 bits per heavy atom. The Morgan fingerprint density at radius 2 is 1.72 bits per heavy atom. The van der Waals surface area contributed by atoms with Gasteiger partial charge in [0, 0.05) is 41.9 Å². The summed E-state index contributed by atoms with van der Waals surface area (Å²) in [5.41, 5.74) is 7.28. The van der Waals surface area contributed by atoms with Crippen molar-refractivity contribution in [1.82, 2.24) is 19.9 Å². The molecule has 0 unspecified atom stereocenters. The van der Waals surface area contributed by atoms with Gasteiger partial charge in [0.1, 0.15) is 11.7 Å². The minimum atomic E-state index is -3.86. The van der Waals surface area contributed by atoms with Crippen LogP contribution in [0.3, 0.4) is 0 Å². The van der Waals surface area contributed by atoms with Crippen LogP contribution < -0.4 is 16.4 Å². The van der Waals surface area contributed by atoms with Crippen molar-refractivity contribution in [2.75, 3.05) is 25.4 Å². The Bertz CT molecular complexity index is 1440. The first-order valence-corrected chi connectivity index (χ1v) is 16.5. The van der Waals surface area contributed by atoms with E-state index in [-0.39, 0.29) is 42.0 Å². The van der Waals surface area contributed by atoms with Gasteiger partial charge < -0.3 is 21.5 Å². The lowest BCUT2D eigenvalue weighted by molar-refractivity contribution is -0.122. The fourth-order valence-corrected chi connectivity index (χ4v) is 6.82. The molecule has 232 valence electrons. The van der Waals surface area contributed by atoms with Crippen molar-refractivity contribution in [1.29, 1.82) is 0 Å². The number of nitrogens with one attached hydrogen (secondary N) is 2. The molecule has 2 atom stereocenters. The number of carbonyl (C=O) groups is 2. The molecule has 12 heteroatoms. The zero-order chi connectivity index (χ0) is 31.4. The number of unbranched alkanes of at least 4 members (excludes halogenated alkanes) is 1. The van der Waals surface area contributed by atoms with Crippen molar-refractivity contribution >= 4 is 43.5 Å². The molecule has 0 saturated heterocycles. The van der Waals surface area contributed by atoms with Gasteiger partial charge in [-0.25, -0.2) is 8.42 Å². The van der Waals surface area contributed by atoms with Crippen LogP contribution in [-0.2, 0) is 21.2 Å². The van der Waals surface area contributed by atoms with E-state index < -0.39 is 28.0 Å². The van der Waals surface area contributed by atoms with Crippen LogP contribution in [0.5, 0.6) is 0 Å². The van der Waals surface area contributed by atoms with E-state index in [0.717, 1.165) is 10.0 Å². The van der Waals surface area contributed by atoms with Crippen molar-refractivity contribution in [2.24, 2.45) is 5.92 Å². The molecule has 0 aliphatic heterocycles. The number of amides is 2. The van der Waals surface area contributed by atoms with Gasteiger partial charge in [0.25, 0.3) is 5.91 Å². The third-order valence-electron chi connectivity index (χ3n) is 6.81. The number of pyridine rings is 1. The van der Waals surface area contributed by atoms with E-state index in [0.29, 0.717) is 31.5 Å². The minimum Gasteiger partial charge on any atom is -0.399 e. The number of aliphatic hydroxyl groups excluding tert-OH is 1. The second kappa shape index (κ2) is 16.5. The maximum absolute atomic E-state index is 13.5. The minimum absolute atomic E-state index is 0.0415. The number of halogens is 1. The molecule has 1 heterocycles. The average molecular weight is 675 g/mol. The number of anilines is 1. The molecule has 0 radical (unpaired) electrons. The van der Waals surface area contributed by atoms with Gasteiger partial charge in [-0.1, -0.05) is 60.5 Å². The van der Waals surface area contributed by atoms with Gasteiger partial charge in [-0.05, 0) is 66.8 Å². The second-order valence-electron chi connectivity index (χ2n) is 10.7. The monoisotopic (exact) mass is 673 g/mol. The highest BCUT2D eigenvalue weighted by Crippen LogP contribution is 2.23. The number of hydrogen-bond acceptors (Lipinski definition) is 7. The van der Waals surface area contributed by atoms with Crippen molar-refractivity contribution in [3.05, 3.63) is 88.7 Å². The van der Waals surface area contributed by atoms with Gasteiger partial charge in [0.2, 0.25) is 15.9 Å². The Labute approximate surface area is 262 Å². The molecule has 5 N–H and O–H groups in total. The highest BCUT2D eigenvalue weighted by atomic mass is 79.9. The lowest BCUT2D eigenvalue weighted by Crippen LogP contribution is -2.48. The molecule has 0 saturated carbocycles. The van der Waals surface area contributed by atoms with Gasteiger partial charge in [-0.3, -0.25) is 14.6 Å². The largest absolute Gasteiger partial charge is 0.399 e. The fraction of sp³-hybridized carbons (Fsp3) is 0.387. The molecule has 43 heavy (non-hydrogen) atoms. The molecule has 0 fully saturated rings. The van der Waals surface area contributed by atoms with Crippen molar-refractivity contribution < 1.29 is 23.1 Å². The van der Waals surface area contributed by atoms with E-state index in [1.54, 1.807) is 30.3 Å². The smallest absolute Gasteiger partial charge is 0.270 e. The quantitative estimate of drug-likeness (QED) is 0.133. The Balaban J connectivity index is 1.62. The molecule has 3 aromatic rings. The predicted molar refractivity (Wildman–Crippen MR) is 171 cm³/mol. The van der Waals surface area contributed by atoms with Gasteiger partial charge in [0.15, 0.2) is 0 Å². The molecule has 0 spiro atoms. The first kappa shape index (κ1) is 34.2. The maximum Gasteiger partial charge on any atom is 0.270 e. The molecular formula is C31H40BrN5O5S. The second-order valence-corrected chi connectivity index (χ2v) is 13.4. The molecule has 0 bridgehead atoms. The van der Waals surface area contributed by atoms with Crippen LogP contribution in [0.25, 0.3) is 0 Å². The summed E-state index contributed by atoms with van der Waals surface area (Å²) in [5, 5.41) is 15.9. The average Bonchev–Trinajstić information content (AvgIpc) is 2.99. The van der Waals surface area contributed by atoms with Crippen LogP contribution in [0, 0.1) is 5.92 Å². The number of sulfonamides is 1. The summed E-state index contributed by atoms with van der Waals surface area (Å²) in [5.74, 6) is -0.753. The third-order valence-corrected chi connectivity index (χ3v) is 9.52. The lowest BCUT2D eigenvalue weighted by atomic mass is 10.0. The molecule has 1 aromatic heterocycles. The first-order valence-electron chi connectivity index (χ1n) is 14.2. The van der Waals surface area contributed by atoms with Gasteiger partial charge in [-0.15, -0.1) is 0 Å². The van der Waals surface area contributed by atoms with Crippen LogP contribution in [-0.4, -0.2) is 66.4 Å². The Kier molecular flexibility index (Phi) is 13.1. The summed E-state index contributed by atoms with van der Waals surface area (Å²) in [6.07, 6.45) is 3.30. The van der Waals surface area contributed by atoms with Crippen molar-refractivity contribution in [3.8, 4) is 0 Å². The molecule has 2 aromatic carbocycles. The summed E-state index contributed by atoms with van der Waals surface area (Å²) in [6.45, 7) is 4.08. The van der Waals surface area contributed by atoms with E-state index in [2.05, 4.69) is 31.5 Å². The number of hydrogen-bond donors (Lipinski definition) is 4. The van der Waals surface area contributed by atoms with Crippen LogP contribution in [0.4, 0.5) is 5.69 Å². The van der Waals surface area contributed by atoms with Gasteiger partial charge in [0.05, 0.1) is 11.5 Å². The zero-order valence-electron chi connectivity index (χ0n) is 24.4. The highest BCUT2D eigenvalue weighted by molar-refractivity contribution is 9.10. The van der Waals surface area contributed by atoms with Crippen LogP contribution in [0.15, 0.2) is 82.3 Å². The lowest BCUT2D eigenvalue weighted by Gasteiger charge is -2.31. The molecule has 0 aliphatic rings. The topological polar surface area (TPSA) is 155 Å². The Hall–Kier alpha value is -3.32. The van der Waals surface area contributed by atoms with Gasteiger partial charge in [-0.2, -0.15) is 4.31 Å². The number of aromatic nitrogens is 1. The van der Waals surface area contributed by atoms with E-state index in [4.69, 9.17) is 5.73 Å². The molecule has 0 aliphatic carbocycles.